The normalized spacial score (nSPS) is 34.1. The number of allylic oxidation sites excluding steroid dienone is 2. The van der Waals surface area contributed by atoms with Crippen molar-refractivity contribution in [1.82, 2.24) is 9.80 Å². The maximum atomic E-state index is 13.6. The average Bonchev–Trinajstić information content (AvgIpc) is 3.18. The molecule has 208 valence electrons. The molecule has 0 unspecified atom stereocenters. The van der Waals surface area contributed by atoms with Crippen LogP contribution in [0.2, 0.25) is 0 Å². The van der Waals surface area contributed by atoms with Gasteiger partial charge in [0.1, 0.15) is 11.5 Å². The van der Waals surface area contributed by atoms with Crippen molar-refractivity contribution in [1.29, 1.82) is 0 Å². The Bertz CT molecular complexity index is 1390. The monoisotopic (exact) mass is 653 g/mol. The zero-order valence-electron chi connectivity index (χ0n) is 19.4. The number of carbonyl (C=O) groups is 5. The predicted molar refractivity (Wildman–Crippen MR) is 130 cm³/mol. The first-order valence-corrected chi connectivity index (χ1v) is 13.2. The smallest absolute Gasteiger partial charge is 0.508 e. The molecule has 6 amide bonds. The minimum atomic E-state index is -5.10. The van der Waals surface area contributed by atoms with Crippen molar-refractivity contribution in [2.45, 2.75) is 34.9 Å². The lowest BCUT2D eigenvalue weighted by atomic mass is 9.56. The van der Waals surface area contributed by atoms with Crippen LogP contribution in [-0.2, 0) is 19.2 Å². The Morgan fingerprint density at radius 1 is 1.15 bits per heavy atom. The van der Waals surface area contributed by atoms with E-state index in [2.05, 4.69) is 20.7 Å². The number of ether oxygens (including phenoxy) is 1. The highest BCUT2D eigenvalue weighted by atomic mass is 79.9. The molecule has 0 radical (unpaired) electrons. The summed E-state index contributed by atoms with van der Waals surface area (Å²) in [5.74, 6) is -9.97. The van der Waals surface area contributed by atoms with Crippen LogP contribution in [0.5, 0.6) is 11.5 Å². The summed E-state index contributed by atoms with van der Waals surface area (Å²) in [5.41, 5.74) is 4.78. The van der Waals surface area contributed by atoms with E-state index in [-0.39, 0.29) is 23.0 Å². The molecule has 2 heterocycles. The Kier molecular flexibility index (Phi) is 6.28. The predicted octanol–water partition coefficient (Wildman–Crippen LogP) is 3.08. The zero-order valence-corrected chi connectivity index (χ0v) is 22.5. The molecule has 6 atom stereocenters. The number of aromatic hydroxyl groups is 1. The van der Waals surface area contributed by atoms with Crippen LogP contribution < -0.4 is 10.5 Å². The summed E-state index contributed by atoms with van der Waals surface area (Å²) in [7, 11) is 0. The molecular weight excluding hydrogens is 638 g/mol. The molecule has 3 fully saturated rings. The average molecular weight is 655 g/mol. The molecular formula is C23H17BrCl2F3N3O7. The van der Waals surface area contributed by atoms with Gasteiger partial charge in [0.15, 0.2) is 9.75 Å². The Hall–Kier alpha value is -2.84. The number of primary amides is 1. The van der Waals surface area contributed by atoms with Gasteiger partial charge in [0.05, 0.1) is 17.3 Å². The van der Waals surface area contributed by atoms with E-state index in [1.54, 1.807) is 0 Å². The van der Waals surface area contributed by atoms with Gasteiger partial charge in [-0.2, -0.15) is 4.90 Å². The number of phenolic OH excluding ortho intramolecular Hbond substituents is 1. The van der Waals surface area contributed by atoms with E-state index in [1.807, 2.05) is 0 Å². The first kappa shape index (κ1) is 27.7. The van der Waals surface area contributed by atoms with E-state index in [1.165, 1.54) is 6.08 Å². The fourth-order valence-electron chi connectivity index (χ4n) is 6.28. The number of benzene rings is 1. The van der Waals surface area contributed by atoms with Crippen LogP contribution in [0.15, 0.2) is 29.8 Å². The number of fused-ring (bicyclic) bond motifs is 4. The summed E-state index contributed by atoms with van der Waals surface area (Å²) in [4.78, 5) is 61.5. The molecule has 1 saturated carbocycles. The van der Waals surface area contributed by atoms with Crippen LogP contribution in [0.1, 0.15) is 24.3 Å². The Morgan fingerprint density at radius 2 is 1.82 bits per heavy atom. The van der Waals surface area contributed by atoms with E-state index >= 15 is 0 Å². The lowest BCUT2D eigenvalue weighted by molar-refractivity contribution is -0.274. The molecule has 2 aliphatic heterocycles. The number of urea groups is 1. The largest absolute Gasteiger partial charge is 0.573 e. The summed E-state index contributed by atoms with van der Waals surface area (Å²) < 4.78 is 43.0. The fraction of sp³-hybridized carbons (Fsp3) is 0.435. The third-order valence-electron chi connectivity index (χ3n) is 7.78. The molecule has 0 bridgehead atoms. The lowest BCUT2D eigenvalue weighted by Gasteiger charge is -2.50. The van der Waals surface area contributed by atoms with Crippen LogP contribution in [0.3, 0.4) is 0 Å². The van der Waals surface area contributed by atoms with Gasteiger partial charge in [-0.1, -0.05) is 27.6 Å². The first-order valence-electron chi connectivity index (χ1n) is 11.3. The fourth-order valence-corrected chi connectivity index (χ4v) is 7.69. The topological polar surface area (TPSA) is 147 Å². The number of nitrogens with zero attached hydrogens (tertiary/aromatic N) is 2. The van der Waals surface area contributed by atoms with Crippen molar-refractivity contribution in [3.63, 3.8) is 0 Å². The Morgan fingerprint density at radius 3 is 2.41 bits per heavy atom. The highest BCUT2D eigenvalue weighted by Crippen LogP contribution is 2.66. The quantitative estimate of drug-likeness (QED) is 0.220. The number of hydrogen-bond acceptors (Lipinski definition) is 7. The van der Waals surface area contributed by atoms with Crippen LogP contribution in [-0.4, -0.2) is 66.1 Å². The number of carbonyl (C=O) groups excluding carboxylic acids is 5. The number of rotatable bonds is 3. The van der Waals surface area contributed by atoms with Gasteiger partial charge in [-0.3, -0.25) is 24.1 Å². The molecule has 0 spiro atoms. The number of alkyl halides is 6. The molecule has 39 heavy (non-hydrogen) atoms. The maximum Gasteiger partial charge on any atom is 0.573 e. The van der Waals surface area contributed by atoms with Gasteiger partial charge in [-0.25, -0.2) is 4.79 Å². The number of amides is 6. The van der Waals surface area contributed by atoms with Crippen molar-refractivity contribution in [2.24, 2.45) is 23.5 Å². The highest BCUT2D eigenvalue weighted by molar-refractivity contribution is 9.09. The van der Waals surface area contributed by atoms with E-state index in [0.29, 0.717) is 9.80 Å². The van der Waals surface area contributed by atoms with Crippen molar-refractivity contribution < 1.29 is 47.0 Å². The van der Waals surface area contributed by atoms with Crippen molar-refractivity contribution in [3.05, 3.63) is 35.4 Å². The van der Waals surface area contributed by atoms with Crippen molar-refractivity contribution in [2.75, 3.05) is 5.45 Å². The minimum absolute atomic E-state index is 0.118. The number of hydrogen-bond donors (Lipinski definition) is 2. The second-order valence-electron chi connectivity index (χ2n) is 9.61. The summed E-state index contributed by atoms with van der Waals surface area (Å²) in [6.07, 6.45) is -4.18. The lowest BCUT2D eigenvalue weighted by Crippen LogP contribution is -2.60. The van der Waals surface area contributed by atoms with Gasteiger partial charge in [0, 0.05) is 11.5 Å². The van der Waals surface area contributed by atoms with E-state index in [4.69, 9.17) is 28.9 Å². The number of phenols is 1. The van der Waals surface area contributed by atoms with Crippen molar-refractivity contribution in [3.8, 4) is 11.5 Å². The molecule has 1 aromatic carbocycles. The van der Waals surface area contributed by atoms with Gasteiger partial charge in [-0.05, 0) is 37.0 Å². The van der Waals surface area contributed by atoms with Crippen LogP contribution >= 0.6 is 39.1 Å². The standard InChI is InChI=1S/C23H17BrCl2F3N3O7/c24-7-31-18(36)21(25)6-12-9(2-3-10-14(12)17(35)32(16(10)34)20(30)38)15(22(21,26)19(31)37)11-5-8(1-4-13(11)33)39-23(27,28)29/h1-2,4-5,10,12,14-15,33H,3,6-7H2,(H2,30,38)/t10-,12+,14-,15+,21+,22-/m0/s1. The summed E-state index contributed by atoms with van der Waals surface area (Å²) >= 11 is 16.9. The molecule has 5 rings (SSSR count). The summed E-state index contributed by atoms with van der Waals surface area (Å²) in [6.45, 7) is 0. The molecule has 4 aliphatic rings. The third kappa shape index (κ3) is 3.70. The zero-order chi connectivity index (χ0) is 28.8. The maximum absolute atomic E-state index is 13.6. The minimum Gasteiger partial charge on any atom is -0.508 e. The number of imide groups is 4. The van der Waals surface area contributed by atoms with E-state index < -0.39 is 87.4 Å². The second-order valence-corrected chi connectivity index (χ2v) is 11.3. The van der Waals surface area contributed by atoms with Crippen LogP contribution in [0.4, 0.5) is 18.0 Å². The summed E-state index contributed by atoms with van der Waals surface area (Å²) in [6, 6.07) is 1.25. The van der Waals surface area contributed by atoms with Gasteiger partial charge in [-0.15, -0.1) is 36.4 Å². The Labute approximate surface area is 235 Å². The number of likely N-dealkylation sites (tertiary alicyclic amines) is 2. The van der Waals surface area contributed by atoms with E-state index in [0.717, 1.165) is 18.2 Å². The summed E-state index contributed by atoms with van der Waals surface area (Å²) in [5, 5.41) is 10.8. The molecule has 0 aromatic heterocycles. The number of nitrogens with two attached hydrogens (primary N) is 1. The van der Waals surface area contributed by atoms with Crippen molar-refractivity contribution >= 4 is 68.8 Å². The SMILES string of the molecule is NC(=O)N1C(=O)[C@H]2[C@H](CC=C3[C@H]2C[C@@]2(Cl)C(=O)N(CBr)C(=O)[C@@]2(Cl)[C@H]3c2cc(OC(F)(F)F)ccc2O)C1=O. The third-order valence-corrected chi connectivity index (χ3v) is 9.69. The Balaban J connectivity index is 1.74. The molecule has 3 N–H and O–H groups in total. The first-order chi connectivity index (χ1) is 18.1. The number of halogens is 6. The molecule has 16 heteroatoms. The van der Waals surface area contributed by atoms with Gasteiger partial charge < -0.3 is 15.6 Å². The van der Waals surface area contributed by atoms with Gasteiger partial charge in [0.2, 0.25) is 11.8 Å². The van der Waals surface area contributed by atoms with Crippen LogP contribution in [0.25, 0.3) is 0 Å². The highest BCUT2D eigenvalue weighted by Gasteiger charge is 2.76. The molecule has 2 aliphatic carbocycles. The van der Waals surface area contributed by atoms with Crippen LogP contribution in [0, 0.1) is 17.8 Å². The second kappa shape index (κ2) is 8.83. The van der Waals surface area contributed by atoms with Gasteiger partial charge in [0.25, 0.3) is 11.8 Å². The molecule has 2 saturated heterocycles. The molecule has 1 aromatic rings. The van der Waals surface area contributed by atoms with E-state index in [9.17, 15) is 42.3 Å². The molecule has 10 nitrogen and oxygen atoms in total. The van der Waals surface area contributed by atoms with Gasteiger partial charge >= 0.3 is 12.4 Å².